The minimum Gasteiger partial charge on any atom is -0.383 e. The largest absolute Gasteiger partial charge is 0.383 e. The maximum atomic E-state index is 13.4. The average Bonchev–Trinajstić information content (AvgIpc) is 2.88. The zero-order chi connectivity index (χ0) is 24.6. The minimum absolute atomic E-state index is 0.0159. The van der Waals surface area contributed by atoms with E-state index in [9.17, 15) is 14.4 Å². The van der Waals surface area contributed by atoms with Crippen LogP contribution in [-0.4, -0.2) is 27.0 Å². The number of aromatic nitrogens is 3. The predicted octanol–water partition coefficient (Wildman–Crippen LogP) is 3.50. The van der Waals surface area contributed by atoms with E-state index < -0.39 is 17.2 Å². The number of pyridine rings is 1. The fourth-order valence-corrected chi connectivity index (χ4v) is 4.21. The molecule has 0 radical (unpaired) electrons. The molecule has 2 aromatic heterocycles. The van der Waals surface area contributed by atoms with Crippen LogP contribution in [0.3, 0.4) is 0 Å². The number of nitrogen functional groups attached to an aromatic ring is 1. The molecule has 0 saturated carbocycles. The molecule has 180 valence electrons. The van der Waals surface area contributed by atoms with Gasteiger partial charge in [0.15, 0.2) is 5.69 Å². The van der Waals surface area contributed by atoms with E-state index >= 15 is 0 Å². The highest BCUT2D eigenvalue weighted by molar-refractivity contribution is 6.05. The summed E-state index contributed by atoms with van der Waals surface area (Å²) in [4.78, 5) is 46.7. The third-order valence-corrected chi connectivity index (χ3v) is 6.08. The zero-order valence-electron chi connectivity index (χ0n) is 19.5. The van der Waals surface area contributed by atoms with Crippen LogP contribution in [0.15, 0.2) is 82.2 Å². The smallest absolute Gasteiger partial charge is 0.330 e. The second kappa shape index (κ2) is 11.3. The molecule has 1 aliphatic rings. The van der Waals surface area contributed by atoms with E-state index in [-0.39, 0.29) is 24.6 Å². The number of allylic oxidation sites excluding steroid dienone is 1. The summed E-state index contributed by atoms with van der Waals surface area (Å²) in [6.07, 6.45) is 13.5. The second-order valence-corrected chi connectivity index (χ2v) is 8.53. The molecule has 35 heavy (non-hydrogen) atoms. The fraction of sp³-hybridized carbons (Fsp3) is 0.259. The lowest BCUT2D eigenvalue weighted by Gasteiger charge is -2.24. The SMILES string of the molecule is Nc1c(N(CCC2=CCCCC2)C(=O)C=Cc2cccnc2)c(=O)[nH]c(=O)n1Cc1ccccc1. The molecule has 2 heterocycles. The molecule has 0 spiro atoms. The van der Waals surface area contributed by atoms with Gasteiger partial charge in [-0.15, -0.1) is 0 Å². The Morgan fingerprint density at radius 3 is 2.69 bits per heavy atom. The Morgan fingerprint density at radius 1 is 1.14 bits per heavy atom. The van der Waals surface area contributed by atoms with E-state index in [0.29, 0.717) is 6.42 Å². The normalized spacial score (nSPS) is 13.5. The first-order valence-electron chi connectivity index (χ1n) is 11.8. The number of carbonyl (C=O) groups is 1. The molecule has 3 N–H and O–H groups in total. The molecule has 1 aromatic carbocycles. The van der Waals surface area contributed by atoms with Gasteiger partial charge in [-0.2, -0.15) is 0 Å². The van der Waals surface area contributed by atoms with Crippen molar-refractivity contribution in [3.63, 3.8) is 0 Å². The van der Waals surface area contributed by atoms with E-state index in [1.807, 2.05) is 36.4 Å². The molecule has 8 nitrogen and oxygen atoms in total. The van der Waals surface area contributed by atoms with Gasteiger partial charge in [0.2, 0.25) is 0 Å². The number of rotatable bonds is 8. The van der Waals surface area contributed by atoms with Crippen molar-refractivity contribution >= 4 is 23.5 Å². The molecular formula is C27H29N5O3. The van der Waals surface area contributed by atoms with Crippen molar-refractivity contribution in [1.82, 2.24) is 14.5 Å². The number of anilines is 2. The number of carbonyl (C=O) groups excluding carboxylic acids is 1. The number of aromatic amines is 1. The van der Waals surface area contributed by atoms with Crippen molar-refractivity contribution in [2.45, 2.75) is 38.6 Å². The van der Waals surface area contributed by atoms with Gasteiger partial charge in [-0.1, -0.05) is 48.0 Å². The van der Waals surface area contributed by atoms with Crippen LogP contribution in [0.2, 0.25) is 0 Å². The van der Waals surface area contributed by atoms with Gasteiger partial charge in [-0.25, -0.2) is 4.79 Å². The van der Waals surface area contributed by atoms with Gasteiger partial charge in [-0.05, 0) is 55.4 Å². The van der Waals surface area contributed by atoms with Gasteiger partial charge >= 0.3 is 5.69 Å². The van der Waals surface area contributed by atoms with Gasteiger partial charge in [0.1, 0.15) is 5.82 Å². The Hall–Kier alpha value is -4.20. The van der Waals surface area contributed by atoms with Gasteiger partial charge in [0, 0.05) is 25.0 Å². The highest BCUT2D eigenvalue weighted by atomic mass is 16.2. The topological polar surface area (TPSA) is 114 Å². The average molecular weight is 472 g/mol. The molecule has 8 heteroatoms. The highest BCUT2D eigenvalue weighted by Gasteiger charge is 2.23. The lowest BCUT2D eigenvalue weighted by atomic mass is 9.97. The number of hydrogen-bond donors (Lipinski definition) is 2. The van der Waals surface area contributed by atoms with Gasteiger partial charge in [0.25, 0.3) is 11.5 Å². The van der Waals surface area contributed by atoms with Crippen molar-refractivity contribution in [1.29, 1.82) is 0 Å². The standard InChI is InChI=1S/C27H29N5O3/c28-25-24(26(34)30-27(35)32(25)19-22-10-5-2-6-11-22)31(17-15-20-8-3-1-4-9-20)23(33)14-13-21-12-7-16-29-18-21/h2,5-8,10-14,16,18H,1,3-4,9,15,17,19,28H2,(H,30,34,35). The Labute approximate surface area is 203 Å². The van der Waals surface area contributed by atoms with Crippen LogP contribution in [0.5, 0.6) is 0 Å². The number of hydrogen-bond acceptors (Lipinski definition) is 5. The number of H-pyrrole nitrogens is 1. The van der Waals surface area contributed by atoms with E-state index in [0.717, 1.165) is 36.8 Å². The van der Waals surface area contributed by atoms with Crippen LogP contribution in [0.4, 0.5) is 11.5 Å². The number of amides is 1. The molecule has 1 amide bonds. The van der Waals surface area contributed by atoms with Crippen molar-refractivity contribution in [3.8, 4) is 0 Å². The number of benzene rings is 1. The molecule has 1 aliphatic carbocycles. The summed E-state index contributed by atoms with van der Waals surface area (Å²) < 4.78 is 1.29. The van der Waals surface area contributed by atoms with Crippen LogP contribution >= 0.6 is 0 Å². The summed E-state index contributed by atoms with van der Waals surface area (Å²) in [5.74, 6) is -0.435. The molecule has 0 atom stereocenters. The fourth-order valence-electron chi connectivity index (χ4n) is 4.21. The number of nitrogens with one attached hydrogen (secondary N) is 1. The first kappa shape index (κ1) is 23.9. The van der Waals surface area contributed by atoms with Crippen LogP contribution < -0.4 is 21.9 Å². The molecular weight excluding hydrogens is 442 g/mol. The molecule has 0 aliphatic heterocycles. The Balaban J connectivity index is 1.71. The Morgan fingerprint density at radius 2 is 1.97 bits per heavy atom. The lowest BCUT2D eigenvalue weighted by molar-refractivity contribution is -0.114. The van der Waals surface area contributed by atoms with E-state index in [2.05, 4.69) is 16.0 Å². The number of nitrogens with zero attached hydrogens (tertiary/aromatic N) is 3. The molecule has 4 rings (SSSR count). The van der Waals surface area contributed by atoms with Crippen molar-refractivity contribution in [3.05, 3.63) is 105 Å². The van der Waals surface area contributed by atoms with Crippen molar-refractivity contribution in [2.75, 3.05) is 17.2 Å². The van der Waals surface area contributed by atoms with Crippen LogP contribution in [-0.2, 0) is 11.3 Å². The summed E-state index contributed by atoms with van der Waals surface area (Å²) in [6, 6.07) is 12.9. The van der Waals surface area contributed by atoms with Gasteiger partial charge in [-0.3, -0.25) is 24.1 Å². The summed E-state index contributed by atoms with van der Waals surface area (Å²) in [6.45, 7) is 0.451. The van der Waals surface area contributed by atoms with Crippen molar-refractivity contribution < 1.29 is 4.79 Å². The summed E-state index contributed by atoms with van der Waals surface area (Å²) >= 11 is 0. The van der Waals surface area contributed by atoms with Crippen molar-refractivity contribution in [2.24, 2.45) is 0 Å². The van der Waals surface area contributed by atoms with E-state index in [1.165, 1.54) is 21.1 Å². The highest BCUT2D eigenvalue weighted by Crippen LogP contribution is 2.24. The van der Waals surface area contributed by atoms with E-state index in [1.54, 1.807) is 24.5 Å². The molecule has 0 saturated heterocycles. The quantitative estimate of drug-likeness (QED) is 0.386. The third-order valence-electron chi connectivity index (χ3n) is 6.08. The predicted molar refractivity (Wildman–Crippen MR) is 138 cm³/mol. The van der Waals surface area contributed by atoms with Crippen LogP contribution in [0.25, 0.3) is 6.08 Å². The summed E-state index contributed by atoms with van der Waals surface area (Å²) in [5, 5.41) is 0. The second-order valence-electron chi connectivity index (χ2n) is 8.53. The van der Waals surface area contributed by atoms with Gasteiger partial charge in [0.05, 0.1) is 6.54 Å². The monoisotopic (exact) mass is 471 g/mol. The summed E-state index contributed by atoms with van der Waals surface area (Å²) in [5.41, 5.74) is 7.94. The maximum Gasteiger partial charge on any atom is 0.330 e. The zero-order valence-corrected chi connectivity index (χ0v) is 19.5. The van der Waals surface area contributed by atoms with Gasteiger partial charge < -0.3 is 10.6 Å². The lowest BCUT2D eigenvalue weighted by Crippen LogP contribution is -2.41. The maximum absolute atomic E-state index is 13.4. The third kappa shape index (κ3) is 6.03. The first-order valence-corrected chi connectivity index (χ1v) is 11.8. The first-order chi connectivity index (χ1) is 17.0. The molecule has 3 aromatic rings. The van der Waals surface area contributed by atoms with Crippen LogP contribution in [0, 0.1) is 0 Å². The summed E-state index contributed by atoms with van der Waals surface area (Å²) in [7, 11) is 0. The Bertz CT molecular complexity index is 1340. The molecule has 0 unspecified atom stereocenters. The minimum atomic E-state index is -0.683. The van der Waals surface area contributed by atoms with E-state index in [4.69, 9.17) is 5.73 Å². The molecule has 0 bridgehead atoms. The molecule has 0 fully saturated rings. The number of nitrogens with two attached hydrogens (primary N) is 1. The Kier molecular flexibility index (Phi) is 7.72. The van der Waals surface area contributed by atoms with Crippen LogP contribution in [0.1, 0.15) is 43.2 Å².